The average molecular weight is 281 g/mol. The molecular formula is C12H11NO3S2. The molecule has 0 saturated carbocycles. The minimum absolute atomic E-state index is 0.147. The number of carbonyl (C=O) groups is 1. The molecule has 1 saturated heterocycles. The van der Waals surface area contributed by atoms with Gasteiger partial charge in [0.1, 0.15) is 16.9 Å². The topological polar surface area (TPSA) is 49.8 Å². The quantitative estimate of drug-likeness (QED) is 0.524. The van der Waals surface area contributed by atoms with Crippen LogP contribution in [-0.2, 0) is 9.53 Å². The van der Waals surface area contributed by atoms with Crippen LogP contribution in [0.5, 0.6) is 5.75 Å². The van der Waals surface area contributed by atoms with Gasteiger partial charge in [-0.2, -0.15) is 0 Å². The van der Waals surface area contributed by atoms with Crippen molar-refractivity contribution < 1.29 is 14.6 Å². The van der Waals surface area contributed by atoms with Crippen molar-refractivity contribution in [3.05, 3.63) is 35.4 Å². The van der Waals surface area contributed by atoms with E-state index in [2.05, 4.69) is 0 Å². The lowest BCUT2D eigenvalue weighted by molar-refractivity contribution is -0.113. The van der Waals surface area contributed by atoms with Gasteiger partial charge < -0.3 is 9.84 Å². The van der Waals surface area contributed by atoms with Crippen LogP contribution in [0.1, 0.15) is 6.92 Å². The highest BCUT2D eigenvalue weighted by atomic mass is 32.2. The van der Waals surface area contributed by atoms with Gasteiger partial charge in [0.15, 0.2) is 4.32 Å². The van der Waals surface area contributed by atoms with Crippen molar-refractivity contribution in [2.24, 2.45) is 0 Å². The van der Waals surface area contributed by atoms with Crippen molar-refractivity contribution in [1.82, 2.24) is 0 Å². The Kier molecular flexibility index (Phi) is 3.88. The summed E-state index contributed by atoms with van der Waals surface area (Å²) in [7, 11) is 0. The molecule has 1 N–H and O–H groups in total. The van der Waals surface area contributed by atoms with E-state index in [0.29, 0.717) is 21.5 Å². The number of rotatable bonds is 3. The molecule has 94 valence electrons. The second-order valence-electron chi connectivity index (χ2n) is 3.46. The van der Waals surface area contributed by atoms with E-state index in [0.717, 1.165) is 0 Å². The third-order valence-electron chi connectivity index (χ3n) is 2.26. The third-order valence-corrected chi connectivity index (χ3v) is 3.54. The Morgan fingerprint density at radius 3 is 2.72 bits per heavy atom. The van der Waals surface area contributed by atoms with Gasteiger partial charge in [-0.25, -0.2) is 0 Å². The number of phenolic OH excluding ortho intramolecular Hbond substituents is 1. The number of ether oxygens (including phenoxy) is 1. The smallest absolute Gasteiger partial charge is 0.273 e. The standard InChI is InChI=1S/C12H11NO3S2/c1-2-16-7-10-11(15)13(12(17)18-10)8-3-5-9(14)6-4-8/h3-7,14H,2H2,1H3/b10-7-. The highest BCUT2D eigenvalue weighted by molar-refractivity contribution is 8.27. The van der Waals surface area contributed by atoms with E-state index in [9.17, 15) is 9.90 Å². The first-order valence-corrected chi connectivity index (χ1v) is 6.53. The molecule has 0 bridgehead atoms. The zero-order valence-corrected chi connectivity index (χ0v) is 11.3. The van der Waals surface area contributed by atoms with Crippen molar-refractivity contribution in [2.75, 3.05) is 11.5 Å². The molecule has 1 heterocycles. The van der Waals surface area contributed by atoms with Crippen LogP contribution >= 0.6 is 24.0 Å². The van der Waals surface area contributed by atoms with Crippen molar-refractivity contribution >= 4 is 39.9 Å². The molecule has 0 radical (unpaired) electrons. The molecule has 1 aliphatic rings. The molecule has 0 spiro atoms. The summed E-state index contributed by atoms with van der Waals surface area (Å²) in [5.74, 6) is -0.0572. The van der Waals surface area contributed by atoms with Gasteiger partial charge in [-0.15, -0.1) is 0 Å². The molecule has 4 nitrogen and oxygen atoms in total. The number of thiocarbonyl (C=S) groups is 1. The number of carbonyl (C=O) groups excluding carboxylic acids is 1. The van der Waals surface area contributed by atoms with E-state index < -0.39 is 0 Å². The number of hydrogen-bond donors (Lipinski definition) is 1. The zero-order chi connectivity index (χ0) is 13.1. The number of phenols is 1. The lowest BCUT2D eigenvalue weighted by Gasteiger charge is -2.14. The second-order valence-corrected chi connectivity index (χ2v) is 5.14. The fourth-order valence-corrected chi connectivity index (χ4v) is 2.65. The first-order valence-electron chi connectivity index (χ1n) is 5.30. The molecule has 0 unspecified atom stereocenters. The largest absolute Gasteiger partial charge is 0.508 e. The normalized spacial score (nSPS) is 17.6. The maximum absolute atomic E-state index is 12.1. The predicted molar refractivity (Wildman–Crippen MR) is 75.5 cm³/mol. The molecule has 1 aromatic rings. The summed E-state index contributed by atoms with van der Waals surface area (Å²) < 4.78 is 5.56. The molecule has 1 fully saturated rings. The first-order chi connectivity index (χ1) is 8.63. The van der Waals surface area contributed by atoms with E-state index in [-0.39, 0.29) is 11.7 Å². The summed E-state index contributed by atoms with van der Waals surface area (Å²) in [6, 6.07) is 6.31. The van der Waals surface area contributed by atoms with E-state index >= 15 is 0 Å². The number of hydrogen-bond acceptors (Lipinski definition) is 5. The van der Waals surface area contributed by atoms with Crippen LogP contribution in [0, 0.1) is 0 Å². The van der Waals surface area contributed by atoms with Crippen LogP contribution in [0.4, 0.5) is 5.69 Å². The van der Waals surface area contributed by atoms with Crippen LogP contribution in [-0.4, -0.2) is 21.9 Å². The molecule has 0 atom stereocenters. The van der Waals surface area contributed by atoms with E-state index in [1.807, 2.05) is 6.92 Å². The summed E-state index contributed by atoms with van der Waals surface area (Å²) in [4.78, 5) is 14.0. The van der Waals surface area contributed by atoms with Crippen molar-refractivity contribution in [2.45, 2.75) is 6.92 Å². The van der Waals surface area contributed by atoms with Crippen LogP contribution in [0.2, 0.25) is 0 Å². The molecule has 18 heavy (non-hydrogen) atoms. The summed E-state index contributed by atoms with van der Waals surface area (Å²) in [6.07, 6.45) is 1.43. The Morgan fingerprint density at radius 2 is 2.11 bits per heavy atom. The van der Waals surface area contributed by atoms with Crippen LogP contribution in [0.25, 0.3) is 0 Å². The predicted octanol–water partition coefficient (Wildman–Crippen LogP) is 2.63. The molecule has 2 rings (SSSR count). The Morgan fingerprint density at radius 1 is 1.44 bits per heavy atom. The van der Waals surface area contributed by atoms with Gasteiger partial charge in [0, 0.05) is 0 Å². The fraction of sp³-hybridized carbons (Fsp3) is 0.167. The fourth-order valence-electron chi connectivity index (χ4n) is 1.43. The van der Waals surface area contributed by atoms with Gasteiger partial charge in [0.25, 0.3) is 5.91 Å². The Balaban J connectivity index is 2.27. The number of anilines is 1. The molecule has 1 aliphatic heterocycles. The summed E-state index contributed by atoms with van der Waals surface area (Å²) in [6.45, 7) is 2.35. The number of benzene rings is 1. The Hall–Kier alpha value is -1.53. The van der Waals surface area contributed by atoms with Gasteiger partial charge in [-0.3, -0.25) is 9.69 Å². The molecule has 1 amide bonds. The number of aromatic hydroxyl groups is 1. The number of amides is 1. The molecule has 0 aliphatic carbocycles. The highest BCUT2D eigenvalue weighted by Crippen LogP contribution is 2.35. The molecule has 6 heteroatoms. The zero-order valence-electron chi connectivity index (χ0n) is 9.62. The Labute approximate surface area is 114 Å². The molecule has 1 aromatic carbocycles. The molecule has 0 aromatic heterocycles. The lowest BCUT2D eigenvalue weighted by Crippen LogP contribution is -2.27. The summed E-state index contributed by atoms with van der Waals surface area (Å²) >= 11 is 6.37. The summed E-state index contributed by atoms with van der Waals surface area (Å²) in [5, 5.41) is 9.23. The second kappa shape index (κ2) is 5.41. The third kappa shape index (κ3) is 2.49. The Bertz CT molecular complexity index is 511. The van der Waals surface area contributed by atoms with Crippen LogP contribution in [0.3, 0.4) is 0 Å². The van der Waals surface area contributed by atoms with Crippen molar-refractivity contribution in [3.8, 4) is 5.75 Å². The molecular weight excluding hydrogens is 270 g/mol. The monoisotopic (exact) mass is 281 g/mol. The van der Waals surface area contributed by atoms with E-state index in [4.69, 9.17) is 17.0 Å². The maximum Gasteiger partial charge on any atom is 0.273 e. The van der Waals surface area contributed by atoms with Gasteiger partial charge in [-0.05, 0) is 31.2 Å². The number of thioether (sulfide) groups is 1. The minimum Gasteiger partial charge on any atom is -0.508 e. The van der Waals surface area contributed by atoms with Gasteiger partial charge in [0.2, 0.25) is 0 Å². The van der Waals surface area contributed by atoms with Crippen molar-refractivity contribution in [3.63, 3.8) is 0 Å². The summed E-state index contributed by atoms with van der Waals surface area (Å²) in [5.41, 5.74) is 0.634. The minimum atomic E-state index is -0.205. The van der Waals surface area contributed by atoms with E-state index in [1.165, 1.54) is 35.1 Å². The first kappa shape index (κ1) is 12.9. The average Bonchev–Trinajstić information content (AvgIpc) is 2.63. The van der Waals surface area contributed by atoms with E-state index in [1.54, 1.807) is 12.1 Å². The van der Waals surface area contributed by atoms with Crippen LogP contribution in [0.15, 0.2) is 35.4 Å². The van der Waals surface area contributed by atoms with Crippen molar-refractivity contribution in [1.29, 1.82) is 0 Å². The van der Waals surface area contributed by atoms with Crippen LogP contribution < -0.4 is 4.90 Å². The lowest BCUT2D eigenvalue weighted by atomic mass is 10.3. The highest BCUT2D eigenvalue weighted by Gasteiger charge is 2.33. The SMILES string of the molecule is CCO/C=C1\SC(=S)N(c2ccc(O)cc2)C1=O. The van der Waals surface area contributed by atoms with Gasteiger partial charge in [-0.1, -0.05) is 24.0 Å². The van der Waals surface area contributed by atoms with Gasteiger partial charge >= 0.3 is 0 Å². The maximum atomic E-state index is 12.1. The number of nitrogens with zero attached hydrogens (tertiary/aromatic N) is 1. The van der Waals surface area contributed by atoms with Gasteiger partial charge in [0.05, 0.1) is 12.3 Å².